The van der Waals surface area contributed by atoms with E-state index in [0.717, 1.165) is 32.2 Å². The monoisotopic (exact) mass is 798 g/mol. The molecule has 4 aliphatic carbocycles. The molecule has 0 aromatic rings. The first-order valence-corrected chi connectivity index (χ1v) is 21.4. The summed E-state index contributed by atoms with van der Waals surface area (Å²) in [7, 11) is 3.16. The van der Waals surface area contributed by atoms with Crippen LogP contribution in [0, 0.1) is 53.3 Å². The maximum absolute atomic E-state index is 14.9. The number of methoxy groups -OCH3 is 1. The maximum Gasteiger partial charge on any atom is 0.340 e. The summed E-state index contributed by atoms with van der Waals surface area (Å²) in [4.78, 5) is 32.6. The highest BCUT2D eigenvalue weighted by Crippen LogP contribution is 2.53. The number of aliphatic hydroxyl groups excluding tert-OH is 5. The number of hydrogen-bond donors (Lipinski definition) is 11. The summed E-state index contributed by atoms with van der Waals surface area (Å²) in [5, 5.41) is 73.1. The van der Waals surface area contributed by atoms with Gasteiger partial charge < -0.3 is 50.2 Å². The molecule has 0 aromatic heterocycles. The summed E-state index contributed by atoms with van der Waals surface area (Å²) in [5.41, 5.74) is 10.2. The molecule has 4 saturated carbocycles. The summed E-state index contributed by atoms with van der Waals surface area (Å²) in [5.74, 6) is -4.45. The van der Waals surface area contributed by atoms with Gasteiger partial charge in [-0.3, -0.25) is 31.4 Å². The number of quaternary nitrogens is 1. The lowest BCUT2D eigenvalue weighted by Gasteiger charge is -2.55. The Labute approximate surface area is 330 Å². The molecule has 6 fully saturated rings. The highest BCUT2D eigenvalue weighted by molar-refractivity contribution is 6.01. The van der Waals surface area contributed by atoms with E-state index in [-0.39, 0.29) is 48.3 Å². The highest BCUT2D eigenvalue weighted by atomic mass is 16.7. The van der Waals surface area contributed by atoms with Crippen molar-refractivity contribution in [2.75, 3.05) is 40.5 Å². The summed E-state index contributed by atoms with van der Waals surface area (Å²) >= 11 is 0. The normalized spacial score (nSPS) is 45.3. The molecule has 16 nitrogen and oxygen atoms in total. The zero-order chi connectivity index (χ0) is 40.3. The summed E-state index contributed by atoms with van der Waals surface area (Å²) in [6, 6.07) is 0. The predicted octanol–water partition coefficient (Wildman–Crippen LogP) is -3.80. The molecule has 0 bridgehead atoms. The zero-order valence-corrected chi connectivity index (χ0v) is 33.3. The van der Waals surface area contributed by atoms with E-state index in [2.05, 4.69) is 15.6 Å². The van der Waals surface area contributed by atoms with Crippen molar-refractivity contribution in [2.24, 2.45) is 64.7 Å². The molecule has 0 spiro atoms. The molecule has 6 rings (SSSR count). The largest absolute Gasteiger partial charge is 0.396 e. The third-order valence-electron chi connectivity index (χ3n) is 15.0. The second-order valence-electron chi connectivity index (χ2n) is 18.0. The van der Waals surface area contributed by atoms with Crippen LogP contribution in [0.3, 0.4) is 0 Å². The van der Waals surface area contributed by atoms with Crippen molar-refractivity contribution in [1.82, 2.24) is 5.32 Å². The minimum atomic E-state index is -1.99. The van der Waals surface area contributed by atoms with Crippen molar-refractivity contribution in [2.45, 2.75) is 138 Å². The number of carbonyl (C=O) groups is 2. The van der Waals surface area contributed by atoms with Gasteiger partial charge in [-0.1, -0.05) is 38.5 Å². The van der Waals surface area contributed by atoms with Gasteiger partial charge >= 0.3 is 5.96 Å². The van der Waals surface area contributed by atoms with Crippen LogP contribution in [0.4, 0.5) is 0 Å². The maximum atomic E-state index is 14.9. The van der Waals surface area contributed by atoms with Gasteiger partial charge in [-0.2, -0.15) is 0 Å². The molecule has 6 aliphatic rings. The predicted molar refractivity (Wildman–Crippen MR) is 202 cm³/mol. The SMILES string of the molecule is C[NH+]=C(N)NCC1C(CCC2CCCCC2)CC2C(=O)C3C(CO)C(OC)CC(OC4OC(CO)C(O)(CCC5CC[NH2+]C(N)C5)C(O)C4O)C3C(=O)C2C1O. The molecule has 16 heteroatoms. The Morgan fingerprint density at radius 1 is 0.911 bits per heavy atom. The zero-order valence-electron chi connectivity index (χ0n) is 33.3. The van der Waals surface area contributed by atoms with E-state index in [0.29, 0.717) is 31.3 Å². The molecule has 0 radical (unpaired) electrons. The van der Waals surface area contributed by atoms with Crippen LogP contribution in [-0.4, -0.2) is 143 Å². The van der Waals surface area contributed by atoms with Crippen LogP contribution in [0.25, 0.3) is 0 Å². The van der Waals surface area contributed by atoms with Gasteiger partial charge in [0.2, 0.25) is 0 Å². The van der Waals surface area contributed by atoms with Crippen LogP contribution < -0.4 is 27.1 Å². The molecular weight excluding hydrogens is 726 g/mol. The number of aliphatic hydroxyl groups is 6. The van der Waals surface area contributed by atoms with E-state index in [1.807, 2.05) is 0 Å². The molecule has 0 aromatic carbocycles. The van der Waals surface area contributed by atoms with Gasteiger partial charge in [0, 0.05) is 50.2 Å². The number of nitrogens with two attached hydrogens (primary N) is 3. The van der Waals surface area contributed by atoms with Crippen molar-refractivity contribution in [3.8, 4) is 0 Å². The van der Waals surface area contributed by atoms with E-state index in [9.17, 15) is 40.2 Å². The number of piperidine rings is 1. The van der Waals surface area contributed by atoms with E-state index in [1.54, 1.807) is 7.05 Å². The van der Waals surface area contributed by atoms with E-state index < -0.39 is 91.3 Å². The minimum Gasteiger partial charge on any atom is -0.396 e. The number of nitrogens with one attached hydrogen (secondary N) is 2. The number of rotatable bonds is 13. The first-order valence-electron chi connectivity index (χ1n) is 21.4. The first-order chi connectivity index (χ1) is 26.9. The number of ketones is 2. The molecule has 0 amide bonds. The lowest BCUT2D eigenvalue weighted by Crippen LogP contribution is -2.94. The van der Waals surface area contributed by atoms with E-state index in [4.69, 9.17) is 25.7 Å². The Hall–Kier alpha value is -1.83. The lowest BCUT2D eigenvalue weighted by atomic mass is 9.51. The molecule has 2 heterocycles. The average Bonchev–Trinajstić information content (AvgIpc) is 3.20. The molecule has 56 heavy (non-hydrogen) atoms. The Kier molecular flexibility index (Phi) is 14.9. The van der Waals surface area contributed by atoms with Gasteiger partial charge in [-0.25, -0.2) is 0 Å². The Morgan fingerprint density at radius 2 is 1.66 bits per heavy atom. The Morgan fingerprint density at radius 3 is 2.32 bits per heavy atom. The molecule has 14 N–H and O–H groups in total. The highest BCUT2D eigenvalue weighted by Gasteiger charge is 2.64. The molecule has 17 unspecified atom stereocenters. The van der Waals surface area contributed by atoms with Crippen molar-refractivity contribution in [3.63, 3.8) is 0 Å². The Balaban J connectivity index is 1.24. The summed E-state index contributed by atoms with van der Waals surface area (Å²) in [6.45, 7) is 0.0655. The van der Waals surface area contributed by atoms with E-state index >= 15 is 0 Å². The Bertz CT molecular complexity index is 1350. The molecular formula is C40H71N5O11+2. The minimum absolute atomic E-state index is 0.0436. The number of guanidine groups is 1. The topological polar surface area (TPSA) is 278 Å². The number of fused-ring (bicyclic) bond motifs is 2. The van der Waals surface area contributed by atoms with Crippen molar-refractivity contribution in [1.29, 1.82) is 0 Å². The number of carbonyl (C=O) groups excluding carboxylic acids is 2. The van der Waals surface area contributed by atoms with Crippen molar-refractivity contribution >= 4 is 17.5 Å². The number of Topliss-reactive ketones (excluding diaryl/α,β-unsaturated/α-hetero) is 2. The van der Waals surface area contributed by atoms with Gasteiger partial charge in [0.15, 0.2) is 6.29 Å². The average molecular weight is 798 g/mol. The standard InChI is InChI=1S/C40H69N5O11/c1-43-39(42)45-17-24-22(9-8-20-6-4-3-5-7-20)15-23-31(34(24)49)35(50)32-27(16-26(54-2)25(18-46)30(32)33(23)48)55-38-36(51)37(52)40(53,28(19-47)56-38)12-10-21-11-13-44-29(41)14-21/h20-32,34,36-38,44,46-47,49,51-53H,3-19,41H2,1-2H3,(H3,42,43,45)/p+2. The van der Waals surface area contributed by atoms with Crippen LogP contribution in [0.1, 0.15) is 83.5 Å². The fourth-order valence-corrected chi connectivity index (χ4v) is 11.7. The van der Waals surface area contributed by atoms with Crippen LogP contribution >= 0.6 is 0 Å². The van der Waals surface area contributed by atoms with Gasteiger partial charge in [0.25, 0.3) is 0 Å². The number of hydrogen-bond acceptors (Lipinski definition) is 12. The third kappa shape index (κ3) is 8.86. The fraction of sp³-hybridized carbons (Fsp3) is 0.925. The summed E-state index contributed by atoms with van der Waals surface area (Å²) < 4.78 is 18.2. The van der Waals surface area contributed by atoms with Crippen LogP contribution in [0.5, 0.6) is 0 Å². The van der Waals surface area contributed by atoms with Gasteiger partial charge in [0.05, 0.1) is 56.9 Å². The van der Waals surface area contributed by atoms with E-state index in [1.165, 1.54) is 39.2 Å². The molecule has 17 atom stereocenters. The smallest absolute Gasteiger partial charge is 0.340 e. The third-order valence-corrected chi connectivity index (χ3v) is 15.0. The van der Waals surface area contributed by atoms with Gasteiger partial charge in [-0.05, 0) is 49.9 Å². The second kappa shape index (κ2) is 19.0. The molecule has 2 aliphatic heterocycles. The van der Waals surface area contributed by atoms with Gasteiger partial charge in [-0.15, -0.1) is 0 Å². The lowest BCUT2D eigenvalue weighted by molar-refractivity contribution is -0.699. The van der Waals surface area contributed by atoms with Crippen LogP contribution in [0.2, 0.25) is 0 Å². The first kappa shape index (κ1) is 43.7. The van der Waals surface area contributed by atoms with Crippen molar-refractivity contribution in [3.05, 3.63) is 0 Å². The van der Waals surface area contributed by atoms with Crippen molar-refractivity contribution < 1.29 is 64.7 Å². The second-order valence-corrected chi connectivity index (χ2v) is 18.0. The van der Waals surface area contributed by atoms with Crippen LogP contribution in [-0.2, 0) is 23.8 Å². The summed E-state index contributed by atoms with van der Waals surface area (Å²) in [6.07, 6.45) is 1.02. The fourth-order valence-electron chi connectivity index (χ4n) is 11.7. The molecule has 2 saturated heterocycles. The van der Waals surface area contributed by atoms with Crippen LogP contribution in [0.15, 0.2) is 0 Å². The molecule has 320 valence electrons. The quantitative estimate of drug-likeness (QED) is 0.0631. The van der Waals surface area contributed by atoms with Gasteiger partial charge in [0.1, 0.15) is 41.6 Å². The number of ether oxygens (including phenoxy) is 3.